The van der Waals surface area contributed by atoms with Crippen LogP contribution in [0.1, 0.15) is 26.3 Å². The number of carbonyl (C=O) groups excluding carboxylic acids is 1. The largest absolute Gasteiger partial charge is 0.454 e. The predicted molar refractivity (Wildman–Crippen MR) is 104 cm³/mol. The Labute approximate surface area is 158 Å². The van der Waals surface area contributed by atoms with Crippen molar-refractivity contribution in [3.05, 3.63) is 65.6 Å². The second kappa shape index (κ2) is 7.87. The maximum Gasteiger partial charge on any atom is 0.247 e. The Balaban J connectivity index is 1.70. The number of thioether (sulfide) groups is 1. The SMILES string of the molecule is CC(C)(C)N(Cc1ccc2c(c1)OCO2)C(=O)C=CSc1ccccc1. The number of carbonyl (C=O) groups is 1. The highest BCUT2D eigenvalue weighted by molar-refractivity contribution is 8.02. The van der Waals surface area contributed by atoms with E-state index in [1.165, 1.54) is 11.8 Å². The summed E-state index contributed by atoms with van der Waals surface area (Å²) in [6, 6.07) is 15.8. The summed E-state index contributed by atoms with van der Waals surface area (Å²) in [5.74, 6) is 1.47. The molecule has 3 rings (SSSR count). The van der Waals surface area contributed by atoms with Gasteiger partial charge in [0.2, 0.25) is 12.7 Å². The zero-order valence-corrected chi connectivity index (χ0v) is 16.1. The standard InChI is InChI=1S/C21H23NO3S/c1-21(2,3)22(14-16-9-10-18-19(13-16)25-15-24-18)20(23)11-12-26-17-7-5-4-6-8-17/h4-13H,14-15H2,1-3H3. The van der Waals surface area contributed by atoms with Crippen LogP contribution in [0.4, 0.5) is 0 Å². The zero-order chi connectivity index (χ0) is 18.6. The lowest BCUT2D eigenvalue weighted by Crippen LogP contribution is -2.44. The Morgan fingerprint density at radius 2 is 1.85 bits per heavy atom. The van der Waals surface area contributed by atoms with Crippen LogP contribution in [-0.2, 0) is 11.3 Å². The molecule has 1 aliphatic heterocycles. The van der Waals surface area contributed by atoms with Crippen molar-refractivity contribution >= 4 is 17.7 Å². The van der Waals surface area contributed by atoms with Crippen LogP contribution in [0.25, 0.3) is 0 Å². The van der Waals surface area contributed by atoms with E-state index in [1.807, 2.05) is 79.6 Å². The molecular weight excluding hydrogens is 346 g/mol. The minimum atomic E-state index is -0.296. The smallest absolute Gasteiger partial charge is 0.247 e. The number of amides is 1. The summed E-state index contributed by atoms with van der Waals surface area (Å²) in [7, 11) is 0. The zero-order valence-electron chi connectivity index (χ0n) is 15.3. The van der Waals surface area contributed by atoms with Crippen LogP contribution in [0.15, 0.2) is 64.9 Å². The van der Waals surface area contributed by atoms with Crippen molar-refractivity contribution in [1.82, 2.24) is 4.90 Å². The summed E-state index contributed by atoms with van der Waals surface area (Å²) in [6.07, 6.45) is 1.63. The highest BCUT2D eigenvalue weighted by Gasteiger charge is 2.25. The molecule has 0 saturated heterocycles. The van der Waals surface area contributed by atoms with E-state index in [0.717, 1.165) is 22.0 Å². The van der Waals surface area contributed by atoms with Crippen molar-refractivity contribution in [2.24, 2.45) is 0 Å². The molecule has 0 bridgehead atoms. The fourth-order valence-corrected chi connectivity index (χ4v) is 3.28. The second-order valence-electron chi connectivity index (χ2n) is 7.02. The Bertz CT molecular complexity index is 797. The molecule has 1 heterocycles. The molecule has 0 N–H and O–H groups in total. The van der Waals surface area contributed by atoms with E-state index in [2.05, 4.69) is 0 Å². The quantitative estimate of drug-likeness (QED) is 0.558. The third-order valence-electron chi connectivity index (χ3n) is 4.01. The Hall–Kier alpha value is -2.40. The van der Waals surface area contributed by atoms with Gasteiger partial charge in [0.1, 0.15) is 0 Å². The first kappa shape index (κ1) is 18.4. The van der Waals surface area contributed by atoms with E-state index in [1.54, 1.807) is 6.08 Å². The second-order valence-corrected chi connectivity index (χ2v) is 8.00. The van der Waals surface area contributed by atoms with E-state index in [-0.39, 0.29) is 18.2 Å². The van der Waals surface area contributed by atoms with Crippen molar-refractivity contribution in [2.45, 2.75) is 37.8 Å². The van der Waals surface area contributed by atoms with Gasteiger partial charge in [0.25, 0.3) is 0 Å². The van der Waals surface area contributed by atoms with E-state index < -0.39 is 0 Å². The first-order chi connectivity index (χ1) is 12.4. The van der Waals surface area contributed by atoms with Gasteiger partial charge >= 0.3 is 0 Å². The van der Waals surface area contributed by atoms with Crippen LogP contribution in [0.3, 0.4) is 0 Å². The number of rotatable bonds is 5. The van der Waals surface area contributed by atoms with Crippen LogP contribution in [0.5, 0.6) is 11.5 Å². The van der Waals surface area contributed by atoms with E-state index >= 15 is 0 Å². The molecule has 0 atom stereocenters. The topological polar surface area (TPSA) is 38.8 Å². The number of hydrogen-bond donors (Lipinski definition) is 0. The van der Waals surface area contributed by atoms with Gasteiger partial charge in [-0.25, -0.2) is 0 Å². The van der Waals surface area contributed by atoms with E-state index in [4.69, 9.17) is 9.47 Å². The van der Waals surface area contributed by atoms with Crippen molar-refractivity contribution in [3.63, 3.8) is 0 Å². The fourth-order valence-electron chi connectivity index (χ4n) is 2.63. The van der Waals surface area contributed by atoms with Crippen molar-refractivity contribution in [1.29, 1.82) is 0 Å². The van der Waals surface area contributed by atoms with E-state index in [0.29, 0.717) is 6.54 Å². The number of benzene rings is 2. The third kappa shape index (κ3) is 4.61. The van der Waals surface area contributed by atoms with Crippen molar-refractivity contribution in [2.75, 3.05) is 6.79 Å². The number of fused-ring (bicyclic) bond motifs is 1. The van der Waals surface area contributed by atoms with E-state index in [9.17, 15) is 4.79 Å². The highest BCUT2D eigenvalue weighted by atomic mass is 32.2. The molecule has 0 radical (unpaired) electrons. The average molecular weight is 369 g/mol. The maximum atomic E-state index is 12.8. The number of hydrogen-bond acceptors (Lipinski definition) is 4. The lowest BCUT2D eigenvalue weighted by molar-refractivity contribution is -0.131. The Morgan fingerprint density at radius 1 is 1.12 bits per heavy atom. The first-order valence-corrected chi connectivity index (χ1v) is 9.40. The molecule has 0 unspecified atom stereocenters. The minimum Gasteiger partial charge on any atom is -0.454 e. The highest BCUT2D eigenvalue weighted by Crippen LogP contribution is 2.33. The summed E-state index contributed by atoms with van der Waals surface area (Å²) < 4.78 is 10.8. The van der Waals surface area contributed by atoms with Crippen LogP contribution < -0.4 is 9.47 Å². The van der Waals surface area contributed by atoms with Gasteiger partial charge in [0, 0.05) is 23.1 Å². The third-order valence-corrected chi connectivity index (χ3v) is 4.83. The summed E-state index contributed by atoms with van der Waals surface area (Å²) in [4.78, 5) is 15.7. The monoisotopic (exact) mass is 369 g/mol. The molecule has 5 heteroatoms. The van der Waals surface area contributed by atoms with Gasteiger partial charge in [-0.05, 0) is 56.0 Å². The molecule has 0 aliphatic carbocycles. The molecule has 0 spiro atoms. The molecule has 0 saturated carbocycles. The Morgan fingerprint density at radius 3 is 2.58 bits per heavy atom. The molecular formula is C21H23NO3S. The van der Waals surface area contributed by atoms with Gasteiger partial charge in [-0.2, -0.15) is 0 Å². The van der Waals surface area contributed by atoms with Gasteiger partial charge in [-0.1, -0.05) is 36.0 Å². The Kier molecular flexibility index (Phi) is 5.57. The molecule has 2 aromatic rings. The van der Waals surface area contributed by atoms with Gasteiger partial charge in [0.05, 0.1) is 0 Å². The summed E-state index contributed by atoms with van der Waals surface area (Å²) in [5, 5.41) is 1.84. The lowest BCUT2D eigenvalue weighted by Gasteiger charge is -2.35. The van der Waals surface area contributed by atoms with Gasteiger partial charge in [0.15, 0.2) is 11.5 Å². The molecule has 4 nitrogen and oxygen atoms in total. The fraction of sp³-hybridized carbons (Fsp3) is 0.286. The summed E-state index contributed by atoms with van der Waals surface area (Å²) in [6.45, 7) is 6.88. The molecule has 1 aliphatic rings. The average Bonchev–Trinajstić information content (AvgIpc) is 3.07. The number of ether oxygens (including phenoxy) is 2. The normalized spacial score (nSPS) is 13.2. The molecule has 1 amide bonds. The minimum absolute atomic E-state index is 0.0152. The lowest BCUT2D eigenvalue weighted by atomic mass is 10.0. The molecule has 2 aromatic carbocycles. The summed E-state index contributed by atoms with van der Waals surface area (Å²) >= 11 is 1.53. The maximum absolute atomic E-state index is 12.8. The number of nitrogens with zero attached hydrogens (tertiary/aromatic N) is 1. The first-order valence-electron chi connectivity index (χ1n) is 8.52. The van der Waals surface area contributed by atoms with Crippen molar-refractivity contribution < 1.29 is 14.3 Å². The van der Waals surface area contributed by atoms with Crippen LogP contribution in [0.2, 0.25) is 0 Å². The van der Waals surface area contributed by atoms with Gasteiger partial charge in [-0.15, -0.1) is 0 Å². The van der Waals surface area contributed by atoms with Gasteiger partial charge < -0.3 is 14.4 Å². The van der Waals surface area contributed by atoms with Crippen molar-refractivity contribution in [3.8, 4) is 11.5 Å². The van der Waals surface area contributed by atoms with Crippen LogP contribution in [0, 0.1) is 0 Å². The molecule has 0 aromatic heterocycles. The van der Waals surface area contributed by atoms with Crippen LogP contribution in [-0.4, -0.2) is 23.1 Å². The summed E-state index contributed by atoms with van der Waals surface area (Å²) in [5.41, 5.74) is 0.719. The predicted octanol–water partition coefficient (Wildman–Crippen LogP) is 4.85. The molecule has 26 heavy (non-hydrogen) atoms. The molecule has 0 fully saturated rings. The van der Waals surface area contributed by atoms with Crippen LogP contribution >= 0.6 is 11.8 Å². The molecule has 136 valence electrons. The van der Waals surface area contributed by atoms with Gasteiger partial charge in [-0.3, -0.25) is 4.79 Å².